The van der Waals surface area contributed by atoms with Gasteiger partial charge in [0.1, 0.15) is 0 Å². The normalized spacial score (nSPS) is 24.1. The molecule has 0 aromatic carbocycles. The molecule has 0 aromatic rings. The molecule has 2 amide bonds. The van der Waals surface area contributed by atoms with Gasteiger partial charge in [0.2, 0.25) is 6.41 Å². The largest absolute Gasteiger partial charge is 0.441 e. The summed E-state index contributed by atoms with van der Waals surface area (Å²) in [7, 11) is 0. The number of hydrogen-bond donors (Lipinski definition) is 1. The fourth-order valence-electron chi connectivity index (χ4n) is 0.576. The molecule has 1 fully saturated rings. The van der Waals surface area contributed by atoms with Crippen molar-refractivity contribution in [3.8, 4) is 0 Å². The van der Waals surface area contributed by atoms with Crippen LogP contribution in [0.1, 0.15) is 0 Å². The number of cyclic esters (lactones) is 1. The molecular formula is C4H3F3N2O3. The molecule has 68 valence electrons. The Labute approximate surface area is 64.0 Å². The van der Waals surface area contributed by atoms with E-state index in [0.29, 0.717) is 0 Å². The van der Waals surface area contributed by atoms with Crippen LogP contribution in [-0.2, 0) is 9.53 Å². The van der Waals surface area contributed by atoms with Gasteiger partial charge in [0, 0.05) is 0 Å². The first-order valence-electron chi connectivity index (χ1n) is 2.73. The molecule has 1 rings (SSSR count). The van der Waals surface area contributed by atoms with E-state index in [1.54, 1.807) is 0 Å². The molecule has 1 atom stereocenters. The maximum atomic E-state index is 11.8. The summed E-state index contributed by atoms with van der Waals surface area (Å²) in [5.74, 6) is 0. The van der Waals surface area contributed by atoms with E-state index in [0.717, 1.165) is 0 Å². The van der Waals surface area contributed by atoms with Crippen LogP contribution in [0.2, 0.25) is 0 Å². The number of hydrogen-bond acceptors (Lipinski definition) is 4. The van der Waals surface area contributed by atoms with E-state index in [2.05, 4.69) is 4.74 Å². The molecule has 1 N–H and O–H groups in total. The molecule has 0 spiro atoms. The van der Waals surface area contributed by atoms with Gasteiger partial charge in [0.15, 0.2) is 0 Å². The number of halogens is 3. The standard InChI is InChI=1S/C4H3F3N2O3/c5-4(6,7)2-8-9(1-10)3(11)12-2/h1-2,8H. The summed E-state index contributed by atoms with van der Waals surface area (Å²) >= 11 is 0. The first-order chi connectivity index (χ1) is 5.45. The van der Waals surface area contributed by atoms with Crippen molar-refractivity contribution < 1.29 is 27.5 Å². The minimum absolute atomic E-state index is 0.0815. The maximum Gasteiger partial charge on any atom is 0.441 e. The van der Waals surface area contributed by atoms with E-state index in [1.165, 1.54) is 5.43 Å². The number of imide groups is 1. The summed E-state index contributed by atoms with van der Waals surface area (Å²) in [6.07, 6.45) is -8.62. The van der Waals surface area contributed by atoms with Crippen molar-refractivity contribution >= 4 is 12.5 Å². The minimum atomic E-state index is -4.71. The van der Waals surface area contributed by atoms with Gasteiger partial charge < -0.3 is 4.74 Å². The van der Waals surface area contributed by atoms with Crippen molar-refractivity contribution in [2.24, 2.45) is 0 Å². The second-order valence-corrected chi connectivity index (χ2v) is 1.91. The minimum Gasteiger partial charge on any atom is -0.417 e. The molecule has 12 heavy (non-hydrogen) atoms. The van der Waals surface area contributed by atoms with Crippen molar-refractivity contribution in [3.63, 3.8) is 0 Å². The Bertz CT molecular complexity index is 216. The van der Waals surface area contributed by atoms with Crippen molar-refractivity contribution in [1.29, 1.82) is 0 Å². The number of amides is 2. The summed E-state index contributed by atoms with van der Waals surface area (Å²) in [5.41, 5.74) is 1.50. The van der Waals surface area contributed by atoms with Crippen LogP contribution in [0.25, 0.3) is 0 Å². The zero-order chi connectivity index (χ0) is 9.35. The summed E-state index contributed by atoms with van der Waals surface area (Å²) in [4.78, 5) is 20.3. The second-order valence-electron chi connectivity index (χ2n) is 1.91. The third-order valence-corrected chi connectivity index (χ3v) is 1.07. The van der Waals surface area contributed by atoms with E-state index in [-0.39, 0.29) is 11.4 Å². The highest BCUT2D eigenvalue weighted by atomic mass is 19.4. The Morgan fingerprint density at radius 3 is 2.42 bits per heavy atom. The molecule has 1 unspecified atom stereocenters. The molecular weight excluding hydrogens is 181 g/mol. The number of nitrogens with zero attached hydrogens (tertiary/aromatic N) is 1. The van der Waals surface area contributed by atoms with Gasteiger partial charge in [-0.2, -0.15) is 23.6 Å². The molecule has 5 nitrogen and oxygen atoms in total. The third kappa shape index (κ3) is 1.47. The number of carbonyl (C=O) groups excluding carboxylic acids is 2. The van der Waals surface area contributed by atoms with Crippen LogP contribution in [0.3, 0.4) is 0 Å². The zero-order valence-electron chi connectivity index (χ0n) is 5.46. The summed E-state index contributed by atoms with van der Waals surface area (Å²) in [6, 6.07) is 0. The molecule has 1 aliphatic heterocycles. The average molecular weight is 184 g/mol. The number of alkyl halides is 3. The van der Waals surface area contributed by atoms with Crippen molar-refractivity contribution in [2.45, 2.75) is 12.4 Å². The monoisotopic (exact) mass is 184 g/mol. The topological polar surface area (TPSA) is 58.6 Å². The highest BCUT2D eigenvalue weighted by Gasteiger charge is 2.49. The highest BCUT2D eigenvalue weighted by Crippen LogP contribution is 2.24. The predicted molar refractivity (Wildman–Crippen MR) is 27.4 cm³/mol. The van der Waals surface area contributed by atoms with Crippen LogP contribution < -0.4 is 5.43 Å². The molecule has 0 bridgehead atoms. The lowest BCUT2D eigenvalue weighted by Crippen LogP contribution is -2.43. The average Bonchev–Trinajstić information content (AvgIpc) is 2.29. The summed E-state index contributed by atoms with van der Waals surface area (Å²) < 4.78 is 39.0. The molecule has 8 heteroatoms. The lowest BCUT2D eigenvalue weighted by molar-refractivity contribution is -0.204. The highest BCUT2D eigenvalue weighted by molar-refractivity contribution is 5.80. The number of carbonyl (C=O) groups is 2. The molecule has 1 saturated heterocycles. The van der Waals surface area contributed by atoms with Gasteiger partial charge in [-0.1, -0.05) is 0 Å². The van der Waals surface area contributed by atoms with Gasteiger partial charge in [0.25, 0.3) is 6.23 Å². The number of hydrazine groups is 1. The number of nitrogens with one attached hydrogen (secondary N) is 1. The lowest BCUT2D eigenvalue weighted by Gasteiger charge is -2.11. The third-order valence-electron chi connectivity index (χ3n) is 1.07. The quantitative estimate of drug-likeness (QED) is 0.582. The van der Waals surface area contributed by atoms with Crippen LogP contribution >= 0.6 is 0 Å². The molecule has 1 heterocycles. The zero-order valence-corrected chi connectivity index (χ0v) is 5.46. The fraction of sp³-hybridized carbons (Fsp3) is 0.500. The van der Waals surface area contributed by atoms with Crippen molar-refractivity contribution in [3.05, 3.63) is 0 Å². The molecule has 0 saturated carbocycles. The van der Waals surface area contributed by atoms with Gasteiger partial charge in [-0.25, -0.2) is 4.79 Å². The van der Waals surface area contributed by atoms with Crippen molar-refractivity contribution in [2.75, 3.05) is 0 Å². The molecule has 0 aliphatic carbocycles. The van der Waals surface area contributed by atoms with Gasteiger partial charge in [-0.3, -0.25) is 4.79 Å². The fourth-order valence-corrected chi connectivity index (χ4v) is 0.576. The smallest absolute Gasteiger partial charge is 0.417 e. The SMILES string of the molecule is O=CN1NC(C(F)(F)F)OC1=O. The number of ether oxygens (including phenoxy) is 1. The van der Waals surface area contributed by atoms with Gasteiger partial charge in [0.05, 0.1) is 0 Å². The predicted octanol–water partition coefficient (Wildman–Crippen LogP) is -0.0120. The van der Waals surface area contributed by atoms with Gasteiger partial charge in [-0.05, 0) is 0 Å². The van der Waals surface area contributed by atoms with E-state index in [4.69, 9.17) is 0 Å². The van der Waals surface area contributed by atoms with Crippen LogP contribution in [0, 0.1) is 0 Å². The summed E-state index contributed by atoms with van der Waals surface area (Å²) in [5, 5.41) is 0.0815. The Kier molecular flexibility index (Phi) is 1.92. The van der Waals surface area contributed by atoms with Crippen LogP contribution in [0.15, 0.2) is 0 Å². The first kappa shape index (κ1) is 8.78. The van der Waals surface area contributed by atoms with Crippen molar-refractivity contribution in [1.82, 2.24) is 10.4 Å². The van der Waals surface area contributed by atoms with Gasteiger partial charge in [-0.15, -0.1) is 0 Å². The second kappa shape index (κ2) is 2.63. The summed E-state index contributed by atoms with van der Waals surface area (Å²) in [6.45, 7) is 0. The maximum absolute atomic E-state index is 11.8. The number of rotatable bonds is 1. The molecule has 0 radical (unpaired) electrons. The van der Waals surface area contributed by atoms with E-state index in [9.17, 15) is 22.8 Å². The Morgan fingerprint density at radius 2 is 2.17 bits per heavy atom. The van der Waals surface area contributed by atoms with E-state index >= 15 is 0 Å². The van der Waals surface area contributed by atoms with Crippen LogP contribution in [-0.4, -0.2) is 29.9 Å². The van der Waals surface area contributed by atoms with Gasteiger partial charge >= 0.3 is 12.3 Å². The van der Waals surface area contributed by atoms with E-state index in [1.807, 2.05) is 0 Å². The van der Waals surface area contributed by atoms with Crippen LogP contribution in [0.5, 0.6) is 0 Å². The lowest BCUT2D eigenvalue weighted by atomic mass is 10.6. The first-order valence-corrected chi connectivity index (χ1v) is 2.73. The molecule has 1 aliphatic rings. The Hall–Kier alpha value is -1.31. The Morgan fingerprint density at radius 1 is 1.58 bits per heavy atom. The van der Waals surface area contributed by atoms with Crippen LogP contribution in [0.4, 0.5) is 18.0 Å². The molecule has 0 aromatic heterocycles. The Balaban J connectivity index is 2.66. The van der Waals surface area contributed by atoms with E-state index < -0.39 is 18.5 Å².